The zero-order valence-electron chi connectivity index (χ0n) is 14.9. The van der Waals surface area contributed by atoms with Crippen LogP contribution in [0.25, 0.3) is 0 Å². The highest BCUT2D eigenvalue weighted by atomic mass is 127. The number of rotatable bonds is 5. The molecule has 0 saturated carbocycles. The molecule has 26 heavy (non-hydrogen) atoms. The van der Waals surface area contributed by atoms with Crippen molar-refractivity contribution in [1.82, 2.24) is 20.2 Å². The number of aromatic amines is 1. The summed E-state index contributed by atoms with van der Waals surface area (Å²) in [5.74, 6) is -0.289. The molecule has 138 valence electrons. The largest absolute Gasteiger partial charge is 0.465 e. The molecule has 0 bridgehead atoms. The number of carbonyl (C=O) groups excluding carboxylic acids is 1. The van der Waals surface area contributed by atoms with Gasteiger partial charge in [0.05, 0.1) is 24.4 Å². The van der Waals surface area contributed by atoms with Gasteiger partial charge in [0, 0.05) is 26.7 Å². The predicted octanol–water partition coefficient (Wildman–Crippen LogP) is 3.17. The van der Waals surface area contributed by atoms with Crippen LogP contribution in [0.4, 0.5) is 0 Å². The number of pyridine rings is 1. The number of esters is 1. The fourth-order valence-corrected chi connectivity index (χ4v) is 4.52. The van der Waals surface area contributed by atoms with Crippen molar-refractivity contribution in [3.05, 3.63) is 50.6 Å². The maximum atomic E-state index is 12.2. The minimum absolute atomic E-state index is 0.105. The second kappa shape index (κ2) is 7.91. The summed E-state index contributed by atoms with van der Waals surface area (Å²) in [5, 5.41) is 3.88. The van der Waals surface area contributed by atoms with E-state index in [0.29, 0.717) is 11.7 Å². The van der Waals surface area contributed by atoms with Gasteiger partial charge in [0.1, 0.15) is 6.54 Å². The van der Waals surface area contributed by atoms with Gasteiger partial charge in [0.25, 0.3) is 0 Å². The number of nitrogens with zero attached hydrogens (tertiary/aromatic N) is 2. The minimum Gasteiger partial charge on any atom is -0.465 e. The van der Waals surface area contributed by atoms with Crippen molar-refractivity contribution >= 4 is 45.9 Å². The van der Waals surface area contributed by atoms with Crippen molar-refractivity contribution in [3.63, 3.8) is 0 Å². The molecule has 1 aliphatic heterocycles. The third-order valence-electron chi connectivity index (χ3n) is 4.44. The molecule has 2 N–H and O–H groups in total. The number of aryl methyl sites for hydroxylation is 2. The van der Waals surface area contributed by atoms with Crippen LogP contribution in [0.2, 0.25) is 0 Å². The second-order valence-electron chi connectivity index (χ2n) is 6.16. The van der Waals surface area contributed by atoms with E-state index in [4.69, 9.17) is 17.0 Å². The zero-order chi connectivity index (χ0) is 18.8. The Morgan fingerprint density at radius 1 is 1.38 bits per heavy atom. The standard InChI is InChI=1S/C18H21IN4O2S/c1-4-25-13(24)9-23-17(14-10(2)21-11(3)15(14)19)16(22-18(23)26)12-7-5-6-8-20-12/h5-8,16-17,21H,4,9H2,1-3H3,(H,22,26)/t16-,17-/m0/s1. The van der Waals surface area contributed by atoms with Gasteiger partial charge in [-0.25, -0.2) is 0 Å². The van der Waals surface area contributed by atoms with E-state index in [1.165, 1.54) is 0 Å². The Hall–Kier alpha value is -1.68. The number of carbonyl (C=O) groups is 1. The summed E-state index contributed by atoms with van der Waals surface area (Å²) in [6.45, 7) is 6.35. The lowest BCUT2D eigenvalue weighted by molar-refractivity contribution is -0.143. The van der Waals surface area contributed by atoms with Crippen LogP contribution in [-0.4, -0.2) is 39.1 Å². The average molecular weight is 484 g/mol. The number of thiocarbonyl (C=S) groups is 1. The summed E-state index contributed by atoms with van der Waals surface area (Å²) in [4.78, 5) is 22.0. The second-order valence-corrected chi connectivity index (χ2v) is 7.63. The zero-order valence-corrected chi connectivity index (χ0v) is 17.8. The molecule has 2 aromatic heterocycles. The Kier molecular flexibility index (Phi) is 5.81. The molecule has 0 amide bonds. The summed E-state index contributed by atoms with van der Waals surface area (Å²) < 4.78 is 6.29. The number of hydrogen-bond acceptors (Lipinski definition) is 4. The molecule has 0 unspecified atom stereocenters. The average Bonchev–Trinajstić information content (AvgIpc) is 3.05. The quantitative estimate of drug-likeness (QED) is 0.386. The number of aromatic nitrogens is 2. The van der Waals surface area contributed by atoms with E-state index in [0.717, 1.165) is 26.2 Å². The molecule has 0 spiro atoms. The summed E-state index contributed by atoms with van der Waals surface area (Å²) in [5.41, 5.74) is 4.20. The van der Waals surface area contributed by atoms with Gasteiger partial charge in [-0.05, 0) is 67.7 Å². The molecule has 0 aromatic carbocycles. The van der Waals surface area contributed by atoms with E-state index in [1.807, 2.05) is 36.9 Å². The summed E-state index contributed by atoms with van der Waals surface area (Å²) in [6.07, 6.45) is 1.77. The highest BCUT2D eigenvalue weighted by Crippen LogP contribution is 2.42. The highest BCUT2D eigenvalue weighted by molar-refractivity contribution is 14.1. The first-order valence-corrected chi connectivity index (χ1v) is 9.91. The molecule has 8 heteroatoms. The van der Waals surface area contributed by atoms with Crippen molar-refractivity contribution in [3.8, 4) is 0 Å². The van der Waals surface area contributed by atoms with E-state index in [1.54, 1.807) is 13.1 Å². The topological polar surface area (TPSA) is 70.2 Å². The number of ether oxygens (including phenoxy) is 1. The van der Waals surface area contributed by atoms with Gasteiger partial charge in [0.2, 0.25) is 0 Å². The highest BCUT2D eigenvalue weighted by Gasteiger charge is 2.43. The fraction of sp³-hybridized carbons (Fsp3) is 0.389. The van der Waals surface area contributed by atoms with Gasteiger partial charge in [-0.3, -0.25) is 9.78 Å². The van der Waals surface area contributed by atoms with Gasteiger partial charge in [0.15, 0.2) is 5.11 Å². The first-order valence-electron chi connectivity index (χ1n) is 8.42. The number of H-pyrrole nitrogens is 1. The van der Waals surface area contributed by atoms with Crippen molar-refractivity contribution in [2.24, 2.45) is 0 Å². The number of nitrogens with one attached hydrogen (secondary N) is 2. The molecular formula is C18H21IN4O2S. The van der Waals surface area contributed by atoms with E-state index < -0.39 is 0 Å². The van der Waals surface area contributed by atoms with Gasteiger partial charge in [-0.15, -0.1) is 0 Å². The number of halogens is 1. The molecule has 1 saturated heterocycles. The first-order chi connectivity index (χ1) is 12.4. The lowest BCUT2D eigenvalue weighted by Crippen LogP contribution is -2.35. The Labute approximate surface area is 171 Å². The van der Waals surface area contributed by atoms with Crippen LogP contribution in [0.5, 0.6) is 0 Å². The summed E-state index contributed by atoms with van der Waals surface area (Å²) in [7, 11) is 0. The SMILES string of the molecule is CCOC(=O)CN1C(=S)N[C@@H](c2ccccn2)[C@@H]1c1c(C)[nH]c(C)c1I. The van der Waals surface area contributed by atoms with Crippen LogP contribution in [0.1, 0.15) is 41.7 Å². The molecule has 1 aliphatic rings. The van der Waals surface area contributed by atoms with E-state index in [-0.39, 0.29) is 24.6 Å². The van der Waals surface area contributed by atoms with Crippen LogP contribution in [-0.2, 0) is 9.53 Å². The van der Waals surface area contributed by atoms with Gasteiger partial charge in [-0.1, -0.05) is 6.07 Å². The first kappa shape index (κ1) is 19.1. The Morgan fingerprint density at radius 2 is 2.15 bits per heavy atom. The molecule has 3 rings (SSSR count). The molecule has 0 radical (unpaired) electrons. The molecule has 0 aliphatic carbocycles. The normalized spacial score (nSPS) is 19.5. The Bertz CT molecular complexity index is 824. The lowest BCUT2D eigenvalue weighted by atomic mass is 9.97. The lowest BCUT2D eigenvalue weighted by Gasteiger charge is -2.27. The Morgan fingerprint density at radius 3 is 2.73 bits per heavy atom. The van der Waals surface area contributed by atoms with Crippen molar-refractivity contribution < 1.29 is 9.53 Å². The number of hydrogen-bond donors (Lipinski definition) is 2. The van der Waals surface area contributed by atoms with Crippen LogP contribution >= 0.6 is 34.8 Å². The van der Waals surface area contributed by atoms with Crippen LogP contribution < -0.4 is 5.32 Å². The van der Waals surface area contributed by atoms with Crippen LogP contribution in [0.3, 0.4) is 0 Å². The fourth-order valence-electron chi connectivity index (χ4n) is 3.36. The van der Waals surface area contributed by atoms with Gasteiger partial charge in [-0.2, -0.15) is 0 Å². The minimum atomic E-state index is -0.289. The third kappa shape index (κ3) is 3.57. The van der Waals surface area contributed by atoms with Crippen molar-refractivity contribution in [2.45, 2.75) is 32.9 Å². The maximum Gasteiger partial charge on any atom is 0.325 e. The molecule has 3 heterocycles. The van der Waals surface area contributed by atoms with E-state index >= 15 is 0 Å². The van der Waals surface area contributed by atoms with Crippen molar-refractivity contribution in [2.75, 3.05) is 13.2 Å². The molecule has 6 nitrogen and oxygen atoms in total. The maximum absolute atomic E-state index is 12.2. The van der Waals surface area contributed by atoms with Crippen molar-refractivity contribution in [1.29, 1.82) is 0 Å². The summed E-state index contributed by atoms with van der Waals surface area (Å²) in [6, 6.07) is 5.54. The van der Waals surface area contributed by atoms with E-state index in [2.05, 4.69) is 37.9 Å². The van der Waals surface area contributed by atoms with Crippen LogP contribution in [0, 0.1) is 17.4 Å². The van der Waals surface area contributed by atoms with Gasteiger partial charge >= 0.3 is 5.97 Å². The predicted molar refractivity (Wildman–Crippen MR) is 112 cm³/mol. The van der Waals surface area contributed by atoms with E-state index in [9.17, 15) is 4.79 Å². The third-order valence-corrected chi connectivity index (χ3v) is 6.19. The Balaban J connectivity index is 2.06. The molecule has 1 fully saturated rings. The molecule has 2 aromatic rings. The van der Waals surface area contributed by atoms with Crippen LogP contribution in [0.15, 0.2) is 24.4 Å². The van der Waals surface area contributed by atoms with Gasteiger partial charge < -0.3 is 19.9 Å². The monoisotopic (exact) mass is 484 g/mol. The summed E-state index contributed by atoms with van der Waals surface area (Å²) >= 11 is 7.90. The molecular weight excluding hydrogens is 463 g/mol. The molecule has 2 atom stereocenters. The smallest absolute Gasteiger partial charge is 0.325 e.